The number of carbonyl (C=O) groups is 2. The highest BCUT2D eigenvalue weighted by Crippen LogP contribution is 2.17. The highest BCUT2D eigenvalue weighted by Gasteiger charge is 2.18. The predicted octanol–water partition coefficient (Wildman–Crippen LogP) is 4.01. The van der Waals surface area contributed by atoms with E-state index in [1.54, 1.807) is 30.3 Å². The van der Waals surface area contributed by atoms with Gasteiger partial charge in [0, 0.05) is 23.7 Å². The number of hydrogen-bond donors (Lipinski definition) is 2. The third-order valence-electron chi connectivity index (χ3n) is 4.22. The van der Waals surface area contributed by atoms with Crippen molar-refractivity contribution in [2.45, 2.75) is 18.9 Å². The normalized spacial score (nSPS) is 16.4. The van der Waals surface area contributed by atoms with Crippen LogP contribution in [0.25, 0.3) is 6.08 Å². The van der Waals surface area contributed by atoms with Gasteiger partial charge in [0.1, 0.15) is 0 Å². The topological polar surface area (TPSA) is 67.4 Å². The van der Waals surface area contributed by atoms with E-state index >= 15 is 0 Å². The molecule has 1 fully saturated rings. The summed E-state index contributed by atoms with van der Waals surface area (Å²) in [6.07, 6.45) is 5.23. The summed E-state index contributed by atoms with van der Waals surface area (Å²) in [5.74, 6) is -0.522. The Hall–Kier alpha value is -2.44. The Labute approximate surface area is 166 Å². The Balaban J connectivity index is 1.62. The Morgan fingerprint density at radius 3 is 2.81 bits per heavy atom. The number of ether oxygens (including phenoxy) is 1. The van der Waals surface area contributed by atoms with Crippen molar-refractivity contribution in [2.24, 2.45) is 0 Å². The molecule has 1 atom stereocenters. The van der Waals surface area contributed by atoms with Crippen molar-refractivity contribution in [1.82, 2.24) is 5.32 Å². The standard InChI is InChI=1S/C21H21BrN2O3/c22-16-6-3-5-15(13-16)10-11-20(25)24-19-9-2-1-8-18(19)21(26)23-14-17-7-4-12-27-17/h1-3,5-6,8-11,13,17H,4,7,12,14H2,(H,23,26)(H,24,25)/b11-10+. The third-order valence-corrected chi connectivity index (χ3v) is 4.71. The molecular weight excluding hydrogens is 408 g/mol. The lowest BCUT2D eigenvalue weighted by molar-refractivity contribution is -0.111. The van der Waals surface area contributed by atoms with Gasteiger partial charge in [-0.1, -0.05) is 40.2 Å². The second kappa shape index (κ2) is 9.48. The van der Waals surface area contributed by atoms with Crippen molar-refractivity contribution >= 4 is 39.5 Å². The van der Waals surface area contributed by atoms with Gasteiger partial charge in [-0.15, -0.1) is 0 Å². The molecule has 0 aromatic heterocycles. The highest BCUT2D eigenvalue weighted by molar-refractivity contribution is 9.10. The number of rotatable bonds is 6. The number of halogens is 1. The van der Waals surface area contributed by atoms with Crippen LogP contribution in [0.4, 0.5) is 5.69 Å². The van der Waals surface area contributed by atoms with E-state index in [0.717, 1.165) is 29.5 Å². The molecule has 0 bridgehead atoms. The molecule has 2 aromatic rings. The van der Waals surface area contributed by atoms with E-state index in [9.17, 15) is 9.59 Å². The third kappa shape index (κ3) is 5.77. The summed E-state index contributed by atoms with van der Waals surface area (Å²) >= 11 is 3.40. The maximum atomic E-state index is 12.5. The van der Waals surface area contributed by atoms with Gasteiger partial charge in [0.2, 0.25) is 5.91 Å². The van der Waals surface area contributed by atoms with Crippen LogP contribution in [0.15, 0.2) is 59.1 Å². The second-order valence-electron chi connectivity index (χ2n) is 6.27. The molecule has 1 aliphatic heterocycles. The van der Waals surface area contributed by atoms with Crippen LogP contribution in [0.1, 0.15) is 28.8 Å². The SMILES string of the molecule is O=C(/C=C/c1cccc(Br)c1)Nc1ccccc1C(=O)NCC1CCCO1. The minimum atomic E-state index is -0.297. The van der Waals surface area contributed by atoms with E-state index in [2.05, 4.69) is 26.6 Å². The number of para-hydroxylation sites is 1. The molecule has 1 aliphatic rings. The first-order valence-electron chi connectivity index (χ1n) is 8.85. The van der Waals surface area contributed by atoms with E-state index in [1.165, 1.54) is 6.08 Å². The fourth-order valence-corrected chi connectivity index (χ4v) is 3.27. The molecule has 0 spiro atoms. The van der Waals surface area contributed by atoms with Crippen molar-refractivity contribution in [3.05, 3.63) is 70.2 Å². The summed E-state index contributed by atoms with van der Waals surface area (Å²) in [6, 6.07) is 14.6. The Kier molecular flexibility index (Phi) is 6.79. The van der Waals surface area contributed by atoms with Crippen LogP contribution in [0.2, 0.25) is 0 Å². The summed E-state index contributed by atoms with van der Waals surface area (Å²) in [5.41, 5.74) is 1.81. The van der Waals surface area contributed by atoms with Gasteiger partial charge < -0.3 is 15.4 Å². The highest BCUT2D eigenvalue weighted by atomic mass is 79.9. The minimum Gasteiger partial charge on any atom is -0.376 e. The number of amides is 2. The van der Waals surface area contributed by atoms with Gasteiger partial charge in [-0.2, -0.15) is 0 Å². The molecule has 2 aromatic carbocycles. The molecule has 2 amide bonds. The van der Waals surface area contributed by atoms with Crippen LogP contribution in [-0.2, 0) is 9.53 Å². The fraction of sp³-hybridized carbons (Fsp3) is 0.238. The molecule has 6 heteroatoms. The molecule has 1 heterocycles. The first kappa shape index (κ1) is 19.3. The monoisotopic (exact) mass is 428 g/mol. The molecule has 1 saturated heterocycles. The summed E-state index contributed by atoms with van der Waals surface area (Å²) < 4.78 is 6.46. The lowest BCUT2D eigenvalue weighted by Crippen LogP contribution is -2.32. The zero-order chi connectivity index (χ0) is 19.1. The number of anilines is 1. The summed E-state index contributed by atoms with van der Waals surface area (Å²) in [4.78, 5) is 24.7. The van der Waals surface area contributed by atoms with Crippen molar-refractivity contribution in [3.8, 4) is 0 Å². The van der Waals surface area contributed by atoms with Gasteiger partial charge in [0.15, 0.2) is 0 Å². The molecule has 0 saturated carbocycles. The average molecular weight is 429 g/mol. The largest absolute Gasteiger partial charge is 0.376 e. The molecule has 1 unspecified atom stereocenters. The van der Waals surface area contributed by atoms with E-state index in [4.69, 9.17) is 4.74 Å². The summed E-state index contributed by atoms with van der Waals surface area (Å²) in [6.45, 7) is 1.22. The minimum absolute atomic E-state index is 0.0730. The van der Waals surface area contributed by atoms with Gasteiger partial charge >= 0.3 is 0 Å². The van der Waals surface area contributed by atoms with Crippen molar-refractivity contribution in [2.75, 3.05) is 18.5 Å². The van der Waals surface area contributed by atoms with Crippen LogP contribution in [0, 0.1) is 0 Å². The Morgan fingerprint density at radius 2 is 2.04 bits per heavy atom. The second-order valence-corrected chi connectivity index (χ2v) is 7.18. The van der Waals surface area contributed by atoms with Crippen LogP contribution in [-0.4, -0.2) is 31.1 Å². The number of nitrogens with one attached hydrogen (secondary N) is 2. The Morgan fingerprint density at radius 1 is 1.19 bits per heavy atom. The number of hydrogen-bond acceptors (Lipinski definition) is 3. The quantitative estimate of drug-likeness (QED) is 0.682. The maximum absolute atomic E-state index is 12.5. The van der Waals surface area contributed by atoms with E-state index in [0.29, 0.717) is 17.8 Å². The molecular formula is C21H21BrN2O3. The first-order valence-corrected chi connectivity index (χ1v) is 9.64. The first-order chi connectivity index (χ1) is 13.1. The van der Waals surface area contributed by atoms with E-state index < -0.39 is 0 Å². The lowest BCUT2D eigenvalue weighted by atomic mass is 10.1. The molecule has 27 heavy (non-hydrogen) atoms. The Bertz CT molecular complexity index is 845. The fourth-order valence-electron chi connectivity index (χ4n) is 2.85. The number of benzene rings is 2. The van der Waals surface area contributed by atoms with Gasteiger partial charge in [-0.3, -0.25) is 9.59 Å². The molecule has 140 valence electrons. The van der Waals surface area contributed by atoms with Gasteiger partial charge in [0.25, 0.3) is 5.91 Å². The van der Waals surface area contributed by atoms with Gasteiger partial charge in [-0.25, -0.2) is 0 Å². The van der Waals surface area contributed by atoms with Gasteiger partial charge in [0.05, 0.1) is 17.4 Å². The molecule has 0 aliphatic carbocycles. The van der Waals surface area contributed by atoms with Crippen LogP contribution in [0.3, 0.4) is 0 Å². The number of carbonyl (C=O) groups excluding carboxylic acids is 2. The molecule has 3 rings (SSSR count). The maximum Gasteiger partial charge on any atom is 0.253 e. The van der Waals surface area contributed by atoms with Crippen LogP contribution in [0.5, 0.6) is 0 Å². The predicted molar refractivity (Wildman–Crippen MR) is 110 cm³/mol. The lowest BCUT2D eigenvalue weighted by Gasteiger charge is -2.13. The van der Waals surface area contributed by atoms with Crippen molar-refractivity contribution in [3.63, 3.8) is 0 Å². The summed E-state index contributed by atoms with van der Waals surface area (Å²) in [5, 5.41) is 5.65. The zero-order valence-electron chi connectivity index (χ0n) is 14.8. The zero-order valence-corrected chi connectivity index (χ0v) is 16.4. The average Bonchev–Trinajstić information content (AvgIpc) is 3.19. The van der Waals surface area contributed by atoms with Crippen LogP contribution >= 0.6 is 15.9 Å². The van der Waals surface area contributed by atoms with Crippen molar-refractivity contribution in [1.29, 1.82) is 0 Å². The van der Waals surface area contributed by atoms with E-state index in [1.807, 2.05) is 24.3 Å². The van der Waals surface area contributed by atoms with Gasteiger partial charge in [-0.05, 0) is 48.7 Å². The molecule has 0 radical (unpaired) electrons. The van der Waals surface area contributed by atoms with E-state index in [-0.39, 0.29) is 17.9 Å². The van der Waals surface area contributed by atoms with Crippen molar-refractivity contribution < 1.29 is 14.3 Å². The summed E-state index contributed by atoms with van der Waals surface area (Å²) in [7, 11) is 0. The molecule has 5 nitrogen and oxygen atoms in total. The molecule has 2 N–H and O–H groups in total. The smallest absolute Gasteiger partial charge is 0.253 e. The van der Waals surface area contributed by atoms with Crippen LogP contribution < -0.4 is 10.6 Å².